The van der Waals surface area contributed by atoms with Gasteiger partial charge in [-0.25, -0.2) is 9.78 Å². The molecule has 1 N–H and O–H groups in total. The van der Waals surface area contributed by atoms with Crippen molar-refractivity contribution in [1.82, 2.24) is 9.88 Å². The fourth-order valence-corrected chi connectivity index (χ4v) is 4.43. The van der Waals surface area contributed by atoms with Crippen LogP contribution in [0.2, 0.25) is 0 Å². The Kier molecular flexibility index (Phi) is 5.71. The Morgan fingerprint density at radius 1 is 1.35 bits per heavy atom. The van der Waals surface area contributed by atoms with Crippen LogP contribution in [0.4, 0.5) is 0 Å². The van der Waals surface area contributed by atoms with E-state index >= 15 is 0 Å². The van der Waals surface area contributed by atoms with Crippen molar-refractivity contribution < 1.29 is 14.7 Å². The van der Waals surface area contributed by atoms with Gasteiger partial charge in [0.25, 0.3) is 0 Å². The average molecular weight is 372 g/mol. The lowest BCUT2D eigenvalue weighted by atomic mass is 9.97. The van der Waals surface area contributed by atoms with Gasteiger partial charge in [-0.3, -0.25) is 4.79 Å². The molecule has 1 amide bonds. The monoisotopic (exact) mass is 372 g/mol. The van der Waals surface area contributed by atoms with E-state index in [-0.39, 0.29) is 23.8 Å². The smallest absolute Gasteiger partial charge is 0.335 e. The molecule has 26 heavy (non-hydrogen) atoms. The van der Waals surface area contributed by atoms with Crippen molar-refractivity contribution in [3.63, 3.8) is 0 Å². The zero-order valence-corrected chi connectivity index (χ0v) is 16.0. The summed E-state index contributed by atoms with van der Waals surface area (Å²) < 4.78 is 0. The molecule has 1 aliphatic rings. The molecule has 1 unspecified atom stereocenters. The van der Waals surface area contributed by atoms with Crippen LogP contribution >= 0.6 is 11.3 Å². The molecule has 5 nitrogen and oxygen atoms in total. The number of carboxylic acids is 1. The Bertz CT molecular complexity index is 800. The molecule has 6 heteroatoms. The van der Waals surface area contributed by atoms with Gasteiger partial charge in [0, 0.05) is 24.4 Å². The van der Waals surface area contributed by atoms with Gasteiger partial charge in [-0.1, -0.05) is 32.0 Å². The topological polar surface area (TPSA) is 70.5 Å². The number of amides is 1. The minimum atomic E-state index is -0.992. The Balaban J connectivity index is 1.69. The van der Waals surface area contributed by atoms with Crippen LogP contribution in [0, 0.1) is 0 Å². The number of hydrogen-bond acceptors (Lipinski definition) is 4. The highest BCUT2D eigenvalue weighted by atomic mass is 32.1. The summed E-state index contributed by atoms with van der Waals surface area (Å²) >= 11 is 1.68. The zero-order chi connectivity index (χ0) is 18.7. The van der Waals surface area contributed by atoms with Crippen LogP contribution in [-0.4, -0.2) is 40.0 Å². The molecule has 138 valence electrons. The number of thiazole rings is 1. The van der Waals surface area contributed by atoms with Crippen molar-refractivity contribution in [3.05, 3.63) is 51.5 Å². The fourth-order valence-electron chi connectivity index (χ4n) is 3.32. The van der Waals surface area contributed by atoms with Gasteiger partial charge in [-0.15, -0.1) is 11.3 Å². The summed E-state index contributed by atoms with van der Waals surface area (Å²) in [6, 6.07) is 6.73. The second kappa shape index (κ2) is 7.99. The maximum atomic E-state index is 12.7. The Morgan fingerprint density at radius 3 is 2.81 bits per heavy atom. The molecule has 0 radical (unpaired) electrons. The van der Waals surface area contributed by atoms with Gasteiger partial charge in [0.05, 0.1) is 22.7 Å². The highest BCUT2D eigenvalue weighted by Gasteiger charge is 2.27. The van der Waals surface area contributed by atoms with Gasteiger partial charge in [0.1, 0.15) is 0 Å². The minimum Gasteiger partial charge on any atom is -0.478 e. The van der Waals surface area contributed by atoms with E-state index in [2.05, 4.69) is 19.2 Å². The molecular formula is C20H24N2O3S. The van der Waals surface area contributed by atoms with Crippen molar-refractivity contribution >= 4 is 23.2 Å². The lowest BCUT2D eigenvalue weighted by molar-refractivity contribution is -0.131. The minimum absolute atomic E-state index is 0.0101. The van der Waals surface area contributed by atoms with E-state index in [1.807, 2.05) is 4.90 Å². The molecule has 1 aliphatic heterocycles. The number of nitrogens with zero attached hydrogens (tertiary/aromatic N) is 2. The summed E-state index contributed by atoms with van der Waals surface area (Å²) in [6.45, 7) is 5.66. The number of piperidine rings is 1. The SMILES string of the molecule is CC(C)c1csc(C2CCCN(C(=O)Cc3ccccc3C(=O)O)C2)n1. The van der Waals surface area contributed by atoms with Crippen LogP contribution in [0.25, 0.3) is 0 Å². The van der Waals surface area contributed by atoms with E-state index in [4.69, 9.17) is 4.98 Å². The van der Waals surface area contributed by atoms with Crippen LogP contribution in [0.15, 0.2) is 29.6 Å². The van der Waals surface area contributed by atoms with Crippen LogP contribution in [0.5, 0.6) is 0 Å². The van der Waals surface area contributed by atoms with Crippen molar-refractivity contribution in [2.75, 3.05) is 13.1 Å². The standard InChI is InChI=1S/C20H24N2O3S/c1-13(2)17-12-26-19(21-17)15-7-5-9-22(11-15)18(23)10-14-6-3-4-8-16(14)20(24)25/h3-4,6,8,12-13,15H,5,7,9-11H2,1-2H3,(H,24,25). The zero-order valence-electron chi connectivity index (χ0n) is 15.1. The van der Waals surface area contributed by atoms with Crippen LogP contribution in [-0.2, 0) is 11.2 Å². The van der Waals surface area contributed by atoms with Gasteiger partial charge in [-0.2, -0.15) is 0 Å². The van der Waals surface area contributed by atoms with Gasteiger partial charge >= 0.3 is 5.97 Å². The molecule has 3 rings (SSSR count). The maximum absolute atomic E-state index is 12.7. The van der Waals surface area contributed by atoms with Crippen molar-refractivity contribution in [2.24, 2.45) is 0 Å². The quantitative estimate of drug-likeness (QED) is 0.864. The predicted octanol–water partition coefficient (Wildman–Crippen LogP) is 3.91. The first-order valence-corrected chi connectivity index (χ1v) is 9.88. The van der Waals surface area contributed by atoms with Crippen LogP contribution < -0.4 is 0 Å². The molecule has 1 saturated heterocycles. The first-order valence-electron chi connectivity index (χ1n) is 9.00. The Labute approximate surface area is 157 Å². The van der Waals surface area contributed by atoms with E-state index in [1.165, 1.54) is 0 Å². The summed E-state index contributed by atoms with van der Waals surface area (Å²) in [7, 11) is 0. The number of carbonyl (C=O) groups excluding carboxylic acids is 1. The highest BCUT2D eigenvalue weighted by molar-refractivity contribution is 7.09. The molecule has 1 aromatic heterocycles. The highest BCUT2D eigenvalue weighted by Crippen LogP contribution is 2.31. The Morgan fingerprint density at radius 2 is 2.12 bits per heavy atom. The summed E-state index contributed by atoms with van der Waals surface area (Å²) in [5.74, 6) is -0.313. The lowest BCUT2D eigenvalue weighted by Gasteiger charge is -2.32. The second-order valence-corrected chi connectivity index (χ2v) is 7.97. The molecular weight excluding hydrogens is 348 g/mol. The van der Waals surface area contributed by atoms with Gasteiger partial charge in [-0.05, 0) is 30.4 Å². The van der Waals surface area contributed by atoms with Crippen molar-refractivity contribution in [3.8, 4) is 0 Å². The van der Waals surface area contributed by atoms with Crippen LogP contribution in [0.1, 0.15) is 65.1 Å². The largest absolute Gasteiger partial charge is 0.478 e. The number of likely N-dealkylation sites (tertiary alicyclic amines) is 1. The average Bonchev–Trinajstić information content (AvgIpc) is 3.12. The van der Waals surface area contributed by atoms with E-state index in [9.17, 15) is 14.7 Å². The molecule has 0 saturated carbocycles. The summed E-state index contributed by atoms with van der Waals surface area (Å²) in [6.07, 6.45) is 2.12. The van der Waals surface area contributed by atoms with E-state index in [1.54, 1.807) is 35.6 Å². The number of hydrogen-bond donors (Lipinski definition) is 1. The fraction of sp³-hybridized carbons (Fsp3) is 0.450. The molecule has 0 spiro atoms. The second-order valence-electron chi connectivity index (χ2n) is 7.08. The third-order valence-electron chi connectivity index (χ3n) is 4.84. The number of benzene rings is 1. The maximum Gasteiger partial charge on any atom is 0.335 e. The summed E-state index contributed by atoms with van der Waals surface area (Å²) in [5.41, 5.74) is 1.89. The van der Waals surface area contributed by atoms with E-state index < -0.39 is 5.97 Å². The first-order chi connectivity index (χ1) is 12.5. The van der Waals surface area contributed by atoms with Crippen molar-refractivity contribution in [2.45, 2.75) is 44.9 Å². The number of carboxylic acid groups (broad SMARTS) is 1. The molecule has 0 bridgehead atoms. The van der Waals surface area contributed by atoms with Gasteiger partial charge < -0.3 is 10.0 Å². The predicted molar refractivity (Wildman–Crippen MR) is 102 cm³/mol. The number of aromatic carboxylic acids is 1. The summed E-state index contributed by atoms with van der Waals surface area (Å²) in [5, 5.41) is 12.5. The molecule has 2 heterocycles. The van der Waals surface area contributed by atoms with Crippen LogP contribution in [0.3, 0.4) is 0 Å². The van der Waals surface area contributed by atoms with Gasteiger partial charge in [0.15, 0.2) is 0 Å². The van der Waals surface area contributed by atoms with Crippen molar-refractivity contribution in [1.29, 1.82) is 0 Å². The lowest BCUT2D eigenvalue weighted by Crippen LogP contribution is -2.40. The third-order valence-corrected chi connectivity index (χ3v) is 5.87. The molecule has 1 aromatic carbocycles. The van der Waals surface area contributed by atoms with Gasteiger partial charge in [0.2, 0.25) is 5.91 Å². The molecule has 1 atom stereocenters. The number of aromatic nitrogens is 1. The van der Waals surface area contributed by atoms with E-state index in [0.29, 0.717) is 18.0 Å². The normalized spacial score (nSPS) is 17.5. The molecule has 1 fully saturated rings. The number of carbonyl (C=O) groups is 2. The summed E-state index contributed by atoms with van der Waals surface area (Å²) in [4.78, 5) is 30.7. The molecule has 0 aliphatic carbocycles. The molecule has 2 aromatic rings. The first kappa shape index (κ1) is 18.6. The Hall–Kier alpha value is -2.21. The van der Waals surface area contributed by atoms with E-state index in [0.717, 1.165) is 30.1 Å². The number of rotatable bonds is 5. The third kappa shape index (κ3) is 4.12.